The van der Waals surface area contributed by atoms with Gasteiger partial charge < -0.3 is 10.6 Å². The Kier molecular flexibility index (Phi) is 3.46. The molecule has 0 radical (unpaired) electrons. The van der Waals surface area contributed by atoms with Crippen molar-refractivity contribution in [2.24, 2.45) is 0 Å². The van der Waals surface area contributed by atoms with Crippen LogP contribution in [0.2, 0.25) is 0 Å². The molecule has 3 rings (SSSR count). The third kappa shape index (κ3) is 2.64. The summed E-state index contributed by atoms with van der Waals surface area (Å²) in [7, 11) is 0. The predicted molar refractivity (Wildman–Crippen MR) is 76.6 cm³/mol. The van der Waals surface area contributed by atoms with E-state index in [0.29, 0.717) is 0 Å². The van der Waals surface area contributed by atoms with Crippen molar-refractivity contribution in [1.29, 1.82) is 0 Å². The van der Waals surface area contributed by atoms with Gasteiger partial charge in [-0.3, -0.25) is 0 Å². The second-order valence-corrected chi connectivity index (χ2v) is 6.19. The molecule has 0 bridgehead atoms. The molecule has 1 aliphatic rings. The Bertz CT molecular complexity index is 545. The van der Waals surface area contributed by atoms with Crippen molar-refractivity contribution in [1.82, 2.24) is 10.6 Å². The largest absolute Gasteiger partial charge is 0.309 e. The Morgan fingerprint density at radius 1 is 1.11 bits per heavy atom. The van der Waals surface area contributed by atoms with Crippen LogP contribution in [0, 0.1) is 6.92 Å². The van der Waals surface area contributed by atoms with Crippen molar-refractivity contribution in [3.8, 4) is 0 Å². The van der Waals surface area contributed by atoms with E-state index in [1.165, 1.54) is 26.4 Å². The van der Waals surface area contributed by atoms with Crippen molar-refractivity contribution in [3.63, 3.8) is 0 Å². The molecule has 2 heterocycles. The van der Waals surface area contributed by atoms with Crippen molar-refractivity contribution >= 4 is 11.3 Å². The minimum Gasteiger partial charge on any atom is -0.309 e. The van der Waals surface area contributed by atoms with Gasteiger partial charge in [-0.2, -0.15) is 0 Å². The highest BCUT2D eigenvalue weighted by molar-refractivity contribution is 7.11. The Morgan fingerprint density at radius 3 is 2.83 bits per heavy atom. The zero-order valence-electron chi connectivity index (χ0n) is 10.6. The van der Waals surface area contributed by atoms with Gasteiger partial charge in [-0.25, -0.2) is 0 Å². The molecular weight excluding hydrogens is 240 g/mol. The van der Waals surface area contributed by atoms with E-state index in [9.17, 15) is 0 Å². The van der Waals surface area contributed by atoms with Gasteiger partial charge >= 0.3 is 0 Å². The third-order valence-corrected chi connectivity index (χ3v) is 4.33. The molecule has 2 nitrogen and oxygen atoms in total. The number of benzene rings is 1. The van der Waals surface area contributed by atoms with E-state index in [-0.39, 0.29) is 0 Å². The average Bonchev–Trinajstić information content (AvgIpc) is 2.97. The highest BCUT2D eigenvalue weighted by Gasteiger charge is 2.09. The molecule has 1 aliphatic heterocycles. The second kappa shape index (κ2) is 5.22. The first kappa shape index (κ1) is 11.9. The van der Waals surface area contributed by atoms with Gasteiger partial charge in [0.2, 0.25) is 0 Å². The molecule has 0 saturated carbocycles. The summed E-state index contributed by atoms with van der Waals surface area (Å²) in [6, 6.07) is 11.2. The number of hydrogen-bond donors (Lipinski definition) is 2. The summed E-state index contributed by atoms with van der Waals surface area (Å²) in [6.07, 6.45) is 0. The van der Waals surface area contributed by atoms with Crippen LogP contribution >= 0.6 is 11.3 Å². The van der Waals surface area contributed by atoms with Crippen molar-refractivity contribution in [2.75, 3.05) is 0 Å². The molecular formula is C15H18N2S. The Hall–Kier alpha value is -1.16. The van der Waals surface area contributed by atoms with Crippen LogP contribution in [0.5, 0.6) is 0 Å². The lowest BCUT2D eigenvalue weighted by atomic mass is 10.1. The second-order valence-electron chi connectivity index (χ2n) is 4.82. The predicted octanol–water partition coefficient (Wildman–Crippen LogP) is 2.95. The van der Waals surface area contributed by atoms with E-state index in [4.69, 9.17) is 0 Å². The lowest BCUT2D eigenvalue weighted by molar-refractivity contribution is 0.700. The summed E-state index contributed by atoms with van der Waals surface area (Å²) in [5.41, 5.74) is 4.29. The lowest BCUT2D eigenvalue weighted by Crippen LogP contribution is -2.11. The average molecular weight is 258 g/mol. The van der Waals surface area contributed by atoms with Crippen LogP contribution in [0.3, 0.4) is 0 Å². The first-order valence-electron chi connectivity index (χ1n) is 6.39. The fraction of sp³-hybridized carbons (Fsp3) is 0.333. The number of rotatable bonds is 4. The number of fused-ring (bicyclic) bond motifs is 1. The highest BCUT2D eigenvalue weighted by Crippen LogP contribution is 2.18. The Balaban J connectivity index is 1.57. The van der Waals surface area contributed by atoms with E-state index in [1.54, 1.807) is 0 Å². The maximum absolute atomic E-state index is 3.51. The third-order valence-electron chi connectivity index (χ3n) is 3.33. The summed E-state index contributed by atoms with van der Waals surface area (Å²) in [4.78, 5) is 2.80. The molecule has 1 aromatic carbocycles. The van der Waals surface area contributed by atoms with Gasteiger partial charge in [0.1, 0.15) is 0 Å². The van der Waals surface area contributed by atoms with Gasteiger partial charge in [-0.15, -0.1) is 11.3 Å². The van der Waals surface area contributed by atoms with Crippen LogP contribution < -0.4 is 10.6 Å². The number of hydrogen-bond acceptors (Lipinski definition) is 3. The molecule has 0 saturated heterocycles. The quantitative estimate of drug-likeness (QED) is 0.881. The molecule has 0 spiro atoms. The molecule has 2 aromatic rings. The summed E-state index contributed by atoms with van der Waals surface area (Å²) >= 11 is 1.87. The summed E-state index contributed by atoms with van der Waals surface area (Å²) in [5.74, 6) is 0. The standard InChI is InChI=1S/C15H18N2S/c1-11-2-5-15(18-11)10-16-7-12-3-4-13-8-17-9-14(13)6-12/h2-6,16-17H,7-10H2,1H3. The normalized spacial score (nSPS) is 13.8. The SMILES string of the molecule is Cc1ccc(CNCc2ccc3c(c2)CNC3)s1. The molecule has 18 heavy (non-hydrogen) atoms. The molecule has 0 aliphatic carbocycles. The number of thiophene rings is 1. The molecule has 3 heteroatoms. The summed E-state index contributed by atoms with van der Waals surface area (Å²) < 4.78 is 0. The van der Waals surface area contributed by atoms with E-state index in [2.05, 4.69) is 47.9 Å². The smallest absolute Gasteiger partial charge is 0.0303 e. The van der Waals surface area contributed by atoms with E-state index >= 15 is 0 Å². The maximum Gasteiger partial charge on any atom is 0.0303 e. The van der Waals surface area contributed by atoms with Crippen LogP contribution in [-0.2, 0) is 26.2 Å². The van der Waals surface area contributed by atoms with Crippen LogP contribution in [-0.4, -0.2) is 0 Å². The highest BCUT2D eigenvalue weighted by atomic mass is 32.1. The molecule has 94 valence electrons. The van der Waals surface area contributed by atoms with E-state index in [0.717, 1.165) is 26.2 Å². The Morgan fingerprint density at radius 2 is 2.00 bits per heavy atom. The van der Waals surface area contributed by atoms with Crippen LogP contribution in [0.4, 0.5) is 0 Å². The molecule has 0 amide bonds. The number of aryl methyl sites for hydroxylation is 1. The van der Waals surface area contributed by atoms with Crippen molar-refractivity contribution < 1.29 is 0 Å². The van der Waals surface area contributed by atoms with Crippen molar-refractivity contribution in [3.05, 3.63) is 56.8 Å². The monoisotopic (exact) mass is 258 g/mol. The summed E-state index contributed by atoms with van der Waals surface area (Å²) in [6.45, 7) is 6.12. The molecule has 0 atom stereocenters. The van der Waals surface area contributed by atoms with Gasteiger partial charge in [0.15, 0.2) is 0 Å². The van der Waals surface area contributed by atoms with Crippen molar-refractivity contribution in [2.45, 2.75) is 33.1 Å². The van der Waals surface area contributed by atoms with E-state index in [1.807, 2.05) is 11.3 Å². The molecule has 0 unspecified atom stereocenters. The maximum atomic E-state index is 3.51. The van der Waals surface area contributed by atoms with Gasteiger partial charge in [0.25, 0.3) is 0 Å². The topological polar surface area (TPSA) is 24.1 Å². The van der Waals surface area contributed by atoms with Crippen LogP contribution in [0.15, 0.2) is 30.3 Å². The van der Waals surface area contributed by atoms with Gasteiger partial charge in [-0.05, 0) is 35.7 Å². The molecule has 0 fully saturated rings. The summed E-state index contributed by atoms with van der Waals surface area (Å²) in [5, 5.41) is 6.89. The van der Waals surface area contributed by atoms with Crippen LogP contribution in [0.25, 0.3) is 0 Å². The fourth-order valence-electron chi connectivity index (χ4n) is 2.37. The molecule has 2 N–H and O–H groups in total. The van der Waals surface area contributed by atoms with Gasteiger partial charge in [0, 0.05) is 35.9 Å². The van der Waals surface area contributed by atoms with E-state index < -0.39 is 0 Å². The zero-order chi connectivity index (χ0) is 12.4. The minimum atomic E-state index is 0.949. The molecule has 1 aromatic heterocycles. The first-order chi connectivity index (χ1) is 8.81. The number of nitrogens with one attached hydrogen (secondary N) is 2. The zero-order valence-corrected chi connectivity index (χ0v) is 11.4. The lowest BCUT2D eigenvalue weighted by Gasteiger charge is -2.05. The fourth-order valence-corrected chi connectivity index (χ4v) is 3.23. The first-order valence-corrected chi connectivity index (χ1v) is 7.20. The Labute approximate surface area is 112 Å². The van der Waals surface area contributed by atoms with Gasteiger partial charge in [-0.1, -0.05) is 18.2 Å². The van der Waals surface area contributed by atoms with Gasteiger partial charge in [0.05, 0.1) is 0 Å². The minimum absolute atomic E-state index is 0.949. The van der Waals surface area contributed by atoms with Crippen LogP contribution in [0.1, 0.15) is 26.4 Å².